The Hall–Kier alpha value is -1.26. The zero-order chi connectivity index (χ0) is 13.8. The molecule has 102 valence electrons. The molecule has 0 saturated heterocycles. The van der Waals surface area contributed by atoms with E-state index in [0.29, 0.717) is 0 Å². The van der Waals surface area contributed by atoms with Crippen molar-refractivity contribution in [3.63, 3.8) is 0 Å². The van der Waals surface area contributed by atoms with Crippen LogP contribution in [0.4, 0.5) is 0 Å². The molecule has 0 bridgehead atoms. The molecule has 0 aliphatic heterocycles. The van der Waals surface area contributed by atoms with Crippen molar-refractivity contribution in [2.75, 3.05) is 0 Å². The smallest absolute Gasteiger partial charge is 0.0803 e. The number of benzene rings is 1. The maximum Gasteiger partial charge on any atom is 0.0803 e. The first kappa shape index (κ1) is 14.2. The largest absolute Gasteiger partial charge is 0.323 e. The molecular weight excluding hydrogens is 254 g/mol. The van der Waals surface area contributed by atoms with Crippen LogP contribution in [-0.4, -0.2) is 9.59 Å². The van der Waals surface area contributed by atoms with Crippen molar-refractivity contribution < 1.29 is 0 Å². The van der Waals surface area contributed by atoms with Gasteiger partial charge in [0, 0.05) is 6.04 Å². The van der Waals surface area contributed by atoms with E-state index in [1.54, 1.807) is 0 Å². The van der Waals surface area contributed by atoms with Crippen LogP contribution in [0.15, 0.2) is 18.2 Å². The summed E-state index contributed by atoms with van der Waals surface area (Å²) >= 11 is 1.44. The van der Waals surface area contributed by atoms with Crippen LogP contribution in [0.1, 0.15) is 46.6 Å². The average molecular weight is 275 g/mol. The third-order valence-corrected chi connectivity index (χ3v) is 4.38. The summed E-state index contributed by atoms with van der Waals surface area (Å²) in [4.78, 5) is 1.14. The minimum atomic E-state index is 0.00125. The summed E-state index contributed by atoms with van der Waals surface area (Å²) in [5.41, 5.74) is 11.4. The molecule has 0 radical (unpaired) electrons. The molecule has 0 spiro atoms. The normalized spacial score (nSPS) is 12.6. The highest BCUT2D eigenvalue weighted by Crippen LogP contribution is 2.25. The van der Waals surface area contributed by atoms with Gasteiger partial charge >= 0.3 is 0 Å². The lowest BCUT2D eigenvalue weighted by molar-refractivity contribution is 0.709. The van der Waals surface area contributed by atoms with E-state index < -0.39 is 0 Å². The minimum Gasteiger partial charge on any atom is -0.323 e. The van der Waals surface area contributed by atoms with Gasteiger partial charge in [0.2, 0.25) is 0 Å². The monoisotopic (exact) mass is 275 g/mol. The zero-order valence-corrected chi connectivity index (χ0v) is 12.6. The standard InChI is InChI=1S/C15H21N3S/c1-4-6-14-15(19-18-17-14)13(16)9-12-10(2)7-5-8-11(12)3/h5,7-8,13H,4,6,9,16H2,1-3H3. The summed E-state index contributed by atoms with van der Waals surface area (Å²) in [5.74, 6) is 0. The van der Waals surface area contributed by atoms with Crippen molar-refractivity contribution in [2.24, 2.45) is 5.73 Å². The molecule has 2 aromatic rings. The van der Waals surface area contributed by atoms with Gasteiger partial charge in [0.05, 0.1) is 10.6 Å². The Morgan fingerprint density at radius 2 is 1.95 bits per heavy atom. The number of hydrogen-bond donors (Lipinski definition) is 1. The Bertz CT molecular complexity index is 528. The maximum atomic E-state index is 6.37. The predicted octanol–water partition coefficient (Wildman–Crippen LogP) is 3.35. The van der Waals surface area contributed by atoms with Crippen LogP contribution in [0.5, 0.6) is 0 Å². The summed E-state index contributed by atoms with van der Waals surface area (Å²) in [6.45, 7) is 6.44. The molecule has 0 fully saturated rings. The Morgan fingerprint density at radius 1 is 1.26 bits per heavy atom. The SMILES string of the molecule is CCCc1nnsc1C(N)Cc1c(C)cccc1C. The first-order chi connectivity index (χ1) is 9.13. The molecule has 0 aliphatic carbocycles. The van der Waals surface area contributed by atoms with Gasteiger partial charge in [-0.2, -0.15) is 0 Å². The van der Waals surface area contributed by atoms with Crippen LogP contribution >= 0.6 is 11.5 Å². The van der Waals surface area contributed by atoms with Gasteiger partial charge < -0.3 is 5.73 Å². The molecular formula is C15H21N3S. The average Bonchev–Trinajstić information content (AvgIpc) is 2.83. The van der Waals surface area contributed by atoms with Crippen LogP contribution in [0, 0.1) is 13.8 Å². The van der Waals surface area contributed by atoms with Gasteiger partial charge in [-0.25, -0.2) is 0 Å². The molecule has 4 heteroatoms. The molecule has 1 heterocycles. The first-order valence-corrected chi connectivity index (χ1v) is 7.52. The first-order valence-electron chi connectivity index (χ1n) is 6.75. The molecule has 2 N–H and O–H groups in total. The van der Waals surface area contributed by atoms with E-state index in [-0.39, 0.29) is 6.04 Å². The summed E-state index contributed by atoms with van der Waals surface area (Å²) in [5, 5.41) is 4.20. The molecule has 0 saturated carbocycles. The molecule has 3 nitrogen and oxygen atoms in total. The van der Waals surface area contributed by atoms with Gasteiger partial charge in [0.25, 0.3) is 0 Å². The second kappa shape index (κ2) is 6.26. The quantitative estimate of drug-likeness (QED) is 0.910. The lowest BCUT2D eigenvalue weighted by Crippen LogP contribution is -2.15. The number of rotatable bonds is 5. The third-order valence-electron chi connectivity index (χ3n) is 3.48. The molecule has 0 aliphatic rings. The van der Waals surface area contributed by atoms with Gasteiger partial charge in [-0.05, 0) is 54.9 Å². The van der Waals surface area contributed by atoms with E-state index in [2.05, 4.69) is 48.6 Å². The van der Waals surface area contributed by atoms with E-state index in [4.69, 9.17) is 5.73 Å². The lowest BCUT2D eigenvalue weighted by atomic mass is 9.95. The van der Waals surface area contributed by atoms with Crippen molar-refractivity contribution in [3.8, 4) is 0 Å². The fourth-order valence-corrected chi connectivity index (χ4v) is 3.09. The topological polar surface area (TPSA) is 51.8 Å². The van der Waals surface area contributed by atoms with Gasteiger partial charge in [-0.15, -0.1) is 5.10 Å². The number of hydrogen-bond acceptors (Lipinski definition) is 4. The summed E-state index contributed by atoms with van der Waals surface area (Å²) in [6.07, 6.45) is 2.90. The van der Waals surface area contributed by atoms with Crippen LogP contribution in [-0.2, 0) is 12.8 Å². The summed E-state index contributed by atoms with van der Waals surface area (Å²) < 4.78 is 4.06. The number of aryl methyl sites for hydroxylation is 3. The van der Waals surface area contributed by atoms with Crippen molar-refractivity contribution in [2.45, 2.75) is 46.1 Å². The minimum absolute atomic E-state index is 0.00125. The van der Waals surface area contributed by atoms with Gasteiger partial charge in [0.15, 0.2) is 0 Å². The number of nitrogens with zero attached hydrogens (tertiary/aromatic N) is 2. The number of nitrogens with two attached hydrogens (primary N) is 1. The lowest BCUT2D eigenvalue weighted by Gasteiger charge is -2.15. The Labute approximate surface area is 119 Å². The van der Waals surface area contributed by atoms with Gasteiger partial charge in [0.1, 0.15) is 0 Å². The van der Waals surface area contributed by atoms with Gasteiger partial charge in [-0.1, -0.05) is 36.0 Å². The molecule has 1 aromatic carbocycles. The molecule has 1 aromatic heterocycles. The van der Waals surface area contributed by atoms with Crippen molar-refractivity contribution >= 4 is 11.5 Å². The second-order valence-corrected chi connectivity index (χ2v) is 5.80. The van der Waals surface area contributed by atoms with Crippen molar-refractivity contribution in [1.29, 1.82) is 0 Å². The van der Waals surface area contributed by atoms with Gasteiger partial charge in [-0.3, -0.25) is 0 Å². The van der Waals surface area contributed by atoms with E-state index in [1.807, 2.05) is 0 Å². The van der Waals surface area contributed by atoms with Crippen LogP contribution in [0.2, 0.25) is 0 Å². The molecule has 1 unspecified atom stereocenters. The van der Waals surface area contributed by atoms with E-state index in [9.17, 15) is 0 Å². The Morgan fingerprint density at radius 3 is 2.58 bits per heavy atom. The third kappa shape index (κ3) is 3.19. The van der Waals surface area contributed by atoms with Crippen LogP contribution in [0.3, 0.4) is 0 Å². The highest BCUT2D eigenvalue weighted by atomic mass is 32.1. The van der Waals surface area contributed by atoms with Crippen LogP contribution < -0.4 is 5.73 Å². The van der Waals surface area contributed by atoms with Crippen LogP contribution in [0.25, 0.3) is 0 Å². The molecule has 2 rings (SSSR count). The van der Waals surface area contributed by atoms with E-state index >= 15 is 0 Å². The molecule has 1 atom stereocenters. The highest BCUT2D eigenvalue weighted by Gasteiger charge is 2.17. The zero-order valence-electron chi connectivity index (χ0n) is 11.8. The fraction of sp³-hybridized carbons (Fsp3) is 0.467. The second-order valence-electron chi connectivity index (χ2n) is 5.01. The van der Waals surface area contributed by atoms with E-state index in [1.165, 1.54) is 28.2 Å². The number of aromatic nitrogens is 2. The summed E-state index contributed by atoms with van der Waals surface area (Å²) in [7, 11) is 0. The Balaban J connectivity index is 2.21. The maximum absolute atomic E-state index is 6.37. The van der Waals surface area contributed by atoms with E-state index in [0.717, 1.165) is 29.8 Å². The Kier molecular flexibility index (Phi) is 4.66. The molecule has 19 heavy (non-hydrogen) atoms. The van der Waals surface area contributed by atoms with Crippen molar-refractivity contribution in [3.05, 3.63) is 45.5 Å². The fourth-order valence-electron chi connectivity index (χ4n) is 2.39. The highest BCUT2D eigenvalue weighted by molar-refractivity contribution is 7.05. The van der Waals surface area contributed by atoms with Crippen molar-refractivity contribution in [1.82, 2.24) is 9.59 Å². The predicted molar refractivity (Wildman–Crippen MR) is 80.5 cm³/mol. The molecule has 0 amide bonds. The summed E-state index contributed by atoms with van der Waals surface area (Å²) in [6, 6.07) is 6.39.